The van der Waals surface area contributed by atoms with E-state index in [0.717, 1.165) is 21.9 Å². The molecule has 2 aromatic heterocycles. The number of fused-ring (bicyclic) bond motifs is 1. The zero-order valence-electron chi connectivity index (χ0n) is 12.7. The van der Waals surface area contributed by atoms with Crippen LogP contribution in [0.25, 0.3) is 22.7 Å². The van der Waals surface area contributed by atoms with Gasteiger partial charge in [0.1, 0.15) is 0 Å². The predicted octanol–water partition coefficient (Wildman–Crippen LogP) is 2.97. The number of nitrogens with one attached hydrogen (secondary N) is 1. The standard InChI is InChI=1S/C15H17BrN4O3/c1-21-7-8-22-6-2-3-13-19-15(20-23-13)14-17-11-5-4-10(16)9-12(11)18-14/h4-5,9H,2-3,6-8H2,1H3,(H,17,18). The first kappa shape index (κ1) is 16.1. The van der Waals surface area contributed by atoms with Gasteiger partial charge in [0.05, 0.1) is 24.2 Å². The number of ether oxygens (including phenoxy) is 2. The molecule has 1 aromatic carbocycles. The fourth-order valence-corrected chi connectivity index (χ4v) is 2.47. The summed E-state index contributed by atoms with van der Waals surface area (Å²) < 4.78 is 16.6. The van der Waals surface area contributed by atoms with Gasteiger partial charge in [0, 0.05) is 24.6 Å². The molecule has 3 aromatic rings. The van der Waals surface area contributed by atoms with Crippen LogP contribution < -0.4 is 0 Å². The monoisotopic (exact) mass is 380 g/mol. The van der Waals surface area contributed by atoms with Crippen LogP contribution in [0.5, 0.6) is 0 Å². The van der Waals surface area contributed by atoms with E-state index in [4.69, 9.17) is 14.0 Å². The molecule has 0 radical (unpaired) electrons. The second kappa shape index (κ2) is 7.67. The molecule has 0 aliphatic heterocycles. The van der Waals surface area contributed by atoms with Gasteiger partial charge in [-0.15, -0.1) is 0 Å². The molecule has 7 nitrogen and oxygen atoms in total. The van der Waals surface area contributed by atoms with Gasteiger partial charge in [-0.2, -0.15) is 4.98 Å². The lowest BCUT2D eigenvalue weighted by molar-refractivity contribution is 0.0688. The second-order valence-electron chi connectivity index (χ2n) is 4.97. The van der Waals surface area contributed by atoms with Gasteiger partial charge in [-0.05, 0) is 24.6 Å². The molecule has 3 rings (SSSR count). The number of hydrogen-bond donors (Lipinski definition) is 1. The average Bonchev–Trinajstić information content (AvgIpc) is 3.16. The zero-order chi connectivity index (χ0) is 16.1. The quantitative estimate of drug-likeness (QED) is 0.604. The molecule has 122 valence electrons. The van der Waals surface area contributed by atoms with Crippen molar-refractivity contribution in [2.75, 3.05) is 26.9 Å². The van der Waals surface area contributed by atoms with Crippen LogP contribution in [0.2, 0.25) is 0 Å². The fourth-order valence-electron chi connectivity index (χ4n) is 2.11. The van der Waals surface area contributed by atoms with Crippen molar-refractivity contribution >= 4 is 27.0 Å². The van der Waals surface area contributed by atoms with Gasteiger partial charge in [0.2, 0.25) is 11.7 Å². The maximum absolute atomic E-state index is 5.40. The van der Waals surface area contributed by atoms with E-state index in [9.17, 15) is 0 Å². The molecule has 0 amide bonds. The zero-order valence-corrected chi connectivity index (χ0v) is 14.3. The average molecular weight is 381 g/mol. The molecular formula is C15H17BrN4O3. The third-order valence-electron chi connectivity index (χ3n) is 3.23. The van der Waals surface area contributed by atoms with Crippen LogP contribution in [-0.2, 0) is 15.9 Å². The summed E-state index contributed by atoms with van der Waals surface area (Å²) in [7, 11) is 1.65. The Labute approximate surface area is 141 Å². The number of H-pyrrole nitrogens is 1. The Kier molecular flexibility index (Phi) is 5.37. The highest BCUT2D eigenvalue weighted by molar-refractivity contribution is 9.10. The Morgan fingerprint density at radius 3 is 3.00 bits per heavy atom. The van der Waals surface area contributed by atoms with Crippen molar-refractivity contribution < 1.29 is 14.0 Å². The lowest BCUT2D eigenvalue weighted by Crippen LogP contribution is -2.03. The maximum atomic E-state index is 5.40. The van der Waals surface area contributed by atoms with E-state index >= 15 is 0 Å². The molecule has 0 fully saturated rings. The second-order valence-corrected chi connectivity index (χ2v) is 5.88. The highest BCUT2D eigenvalue weighted by atomic mass is 79.9. The molecule has 1 N–H and O–H groups in total. The molecule has 8 heteroatoms. The van der Waals surface area contributed by atoms with Gasteiger partial charge in [0.15, 0.2) is 5.82 Å². The summed E-state index contributed by atoms with van der Waals surface area (Å²) in [6.07, 6.45) is 1.49. The van der Waals surface area contributed by atoms with Crippen molar-refractivity contribution in [2.24, 2.45) is 0 Å². The molecule has 0 saturated carbocycles. The van der Waals surface area contributed by atoms with E-state index in [1.807, 2.05) is 18.2 Å². The van der Waals surface area contributed by atoms with Crippen LogP contribution in [0.3, 0.4) is 0 Å². The van der Waals surface area contributed by atoms with Gasteiger partial charge in [-0.1, -0.05) is 21.1 Å². The first-order chi connectivity index (χ1) is 11.3. The van der Waals surface area contributed by atoms with Crippen molar-refractivity contribution in [1.29, 1.82) is 0 Å². The number of aryl methyl sites for hydroxylation is 1. The van der Waals surface area contributed by atoms with Gasteiger partial charge in [-0.25, -0.2) is 4.98 Å². The third-order valence-corrected chi connectivity index (χ3v) is 3.73. The number of halogens is 1. The SMILES string of the molecule is COCCOCCCc1nc(-c2nc3ccc(Br)cc3[nH]2)no1. The largest absolute Gasteiger partial charge is 0.382 e. The molecule has 0 aliphatic rings. The number of hydrogen-bond acceptors (Lipinski definition) is 6. The van der Waals surface area contributed by atoms with Crippen LogP contribution in [-0.4, -0.2) is 47.0 Å². The van der Waals surface area contributed by atoms with Crippen molar-refractivity contribution in [2.45, 2.75) is 12.8 Å². The minimum atomic E-state index is 0.465. The van der Waals surface area contributed by atoms with Crippen LogP contribution >= 0.6 is 15.9 Å². The first-order valence-electron chi connectivity index (χ1n) is 7.31. The molecule has 2 heterocycles. The van der Waals surface area contributed by atoms with E-state index in [0.29, 0.717) is 43.8 Å². The fraction of sp³-hybridized carbons (Fsp3) is 0.400. The van der Waals surface area contributed by atoms with Crippen LogP contribution in [0.15, 0.2) is 27.2 Å². The molecular weight excluding hydrogens is 364 g/mol. The summed E-state index contributed by atoms with van der Waals surface area (Å²) in [6, 6.07) is 5.83. The summed E-state index contributed by atoms with van der Waals surface area (Å²) in [5.74, 6) is 1.65. The Morgan fingerprint density at radius 2 is 2.13 bits per heavy atom. The molecule has 0 bridgehead atoms. The molecule has 0 saturated heterocycles. The van der Waals surface area contributed by atoms with E-state index in [1.54, 1.807) is 7.11 Å². The van der Waals surface area contributed by atoms with E-state index in [2.05, 4.69) is 36.0 Å². The third kappa shape index (κ3) is 4.15. The minimum absolute atomic E-state index is 0.465. The molecule has 23 heavy (non-hydrogen) atoms. The minimum Gasteiger partial charge on any atom is -0.382 e. The normalized spacial score (nSPS) is 11.4. The maximum Gasteiger partial charge on any atom is 0.238 e. The number of methoxy groups -OCH3 is 1. The number of aromatic amines is 1. The number of nitrogens with zero attached hydrogens (tertiary/aromatic N) is 3. The van der Waals surface area contributed by atoms with Crippen LogP contribution in [0, 0.1) is 0 Å². The van der Waals surface area contributed by atoms with Crippen molar-refractivity contribution in [3.63, 3.8) is 0 Å². The Balaban J connectivity index is 1.59. The summed E-state index contributed by atoms with van der Waals surface area (Å²) in [5, 5.41) is 3.98. The van der Waals surface area contributed by atoms with Gasteiger partial charge < -0.3 is 19.0 Å². The van der Waals surface area contributed by atoms with Gasteiger partial charge >= 0.3 is 0 Å². The van der Waals surface area contributed by atoms with E-state index < -0.39 is 0 Å². The van der Waals surface area contributed by atoms with Gasteiger partial charge in [-0.3, -0.25) is 0 Å². The summed E-state index contributed by atoms with van der Waals surface area (Å²) in [6.45, 7) is 1.84. The lowest BCUT2D eigenvalue weighted by Gasteiger charge is -2.00. The van der Waals surface area contributed by atoms with Crippen LogP contribution in [0.4, 0.5) is 0 Å². The lowest BCUT2D eigenvalue weighted by atomic mass is 10.3. The molecule has 0 unspecified atom stereocenters. The molecule has 0 aliphatic carbocycles. The summed E-state index contributed by atoms with van der Waals surface area (Å²) >= 11 is 3.44. The van der Waals surface area contributed by atoms with E-state index in [-0.39, 0.29) is 0 Å². The van der Waals surface area contributed by atoms with Gasteiger partial charge in [0.25, 0.3) is 0 Å². The highest BCUT2D eigenvalue weighted by Crippen LogP contribution is 2.21. The summed E-state index contributed by atoms with van der Waals surface area (Å²) in [5.41, 5.74) is 1.79. The summed E-state index contributed by atoms with van der Waals surface area (Å²) in [4.78, 5) is 12.0. The first-order valence-corrected chi connectivity index (χ1v) is 8.10. The topological polar surface area (TPSA) is 86.1 Å². The highest BCUT2D eigenvalue weighted by Gasteiger charge is 2.12. The number of aromatic nitrogens is 4. The Hall–Kier alpha value is -1.77. The Morgan fingerprint density at radius 1 is 1.22 bits per heavy atom. The van der Waals surface area contributed by atoms with Crippen LogP contribution in [0.1, 0.15) is 12.3 Å². The van der Waals surface area contributed by atoms with Crippen molar-refractivity contribution in [3.8, 4) is 11.6 Å². The molecule has 0 atom stereocenters. The number of benzene rings is 1. The van der Waals surface area contributed by atoms with Crippen molar-refractivity contribution in [3.05, 3.63) is 28.6 Å². The number of rotatable bonds is 8. The van der Waals surface area contributed by atoms with Crippen molar-refractivity contribution in [1.82, 2.24) is 20.1 Å². The molecule has 0 spiro atoms. The van der Waals surface area contributed by atoms with E-state index in [1.165, 1.54) is 0 Å². The smallest absolute Gasteiger partial charge is 0.238 e. The number of imidazole rings is 1. The Bertz CT molecular complexity index is 771. The predicted molar refractivity (Wildman–Crippen MR) is 88.1 cm³/mol.